The second-order valence-corrected chi connectivity index (χ2v) is 4.86. The zero-order valence-electron chi connectivity index (χ0n) is 11.1. The van der Waals surface area contributed by atoms with Crippen molar-refractivity contribution in [3.8, 4) is 0 Å². The summed E-state index contributed by atoms with van der Waals surface area (Å²) in [5.74, 6) is 0. The van der Waals surface area contributed by atoms with Crippen LogP contribution in [-0.2, 0) is 0 Å². The molecule has 18 heavy (non-hydrogen) atoms. The van der Waals surface area contributed by atoms with Crippen LogP contribution in [-0.4, -0.2) is 18.6 Å². The number of anilines is 1. The quantitative estimate of drug-likeness (QED) is 0.869. The van der Waals surface area contributed by atoms with Gasteiger partial charge in [-0.15, -0.1) is 0 Å². The molecule has 0 spiro atoms. The summed E-state index contributed by atoms with van der Waals surface area (Å²) in [6.07, 6.45) is 6.03. The van der Waals surface area contributed by atoms with E-state index in [9.17, 15) is 4.79 Å². The number of carbonyl (C=O) groups excluding carboxylic acids is 1. The third kappa shape index (κ3) is 3.25. The molecular formula is C15H22N2O. The first-order valence-corrected chi connectivity index (χ1v) is 6.94. The minimum Gasteiger partial charge on any atom is -0.335 e. The van der Waals surface area contributed by atoms with Gasteiger partial charge in [0.15, 0.2) is 0 Å². The van der Waals surface area contributed by atoms with Crippen molar-refractivity contribution in [2.45, 2.75) is 45.1 Å². The molecule has 0 saturated heterocycles. The van der Waals surface area contributed by atoms with E-state index in [1.165, 1.54) is 19.3 Å². The molecule has 1 N–H and O–H groups in total. The summed E-state index contributed by atoms with van der Waals surface area (Å²) in [7, 11) is 0. The van der Waals surface area contributed by atoms with Crippen LogP contribution < -0.4 is 10.2 Å². The van der Waals surface area contributed by atoms with Crippen LogP contribution >= 0.6 is 0 Å². The average molecular weight is 246 g/mol. The topological polar surface area (TPSA) is 32.3 Å². The van der Waals surface area contributed by atoms with Crippen LogP contribution in [0.3, 0.4) is 0 Å². The molecule has 0 aliphatic heterocycles. The SMILES string of the molecule is CCN(C(=O)NC1CCCCC1)c1ccccc1. The zero-order valence-corrected chi connectivity index (χ0v) is 11.1. The van der Waals surface area contributed by atoms with Crippen molar-refractivity contribution in [1.29, 1.82) is 0 Å². The lowest BCUT2D eigenvalue weighted by molar-refractivity contribution is 0.238. The molecule has 0 heterocycles. The van der Waals surface area contributed by atoms with Crippen LogP contribution in [0.4, 0.5) is 10.5 Å². The van der Waals surface area contributed by atoms with Crippen molar-refractivity contribution >= 4 is 11.7 Å². The minimum atomic E-state index is 0.0376. The van der Waals surface area contributed by atoms with E-state index in [2.05, 4.69) is 5.32 Å². The Morgan fingerprint density at radius 1 is 1.22 bits per heavy atom. The third-order valence-electron chi connectivity index (χ3n) is 3.56. The molecule has 1 aromatic rings. The second-order valence-electron chi connectivity index (χ2n) is 4.86. The predicted octanol–water partition coefficient (Wildman–Crippen LogP) is 3.56. The summed E-state index contributed by atoms with van der Waals surface area (Å²) in [4.78, 5) is 14.1. The molecule has 98 valence electrons. The largest absolute Gasteiger partial charge is 0.335 e. The number of hydrogen-bond donors (Lipinski definition) is 1. The van der Waals surface area contributed by atoms with E-state index in [4.69, 9.17) is 0 Å². The van der Waals surface area contributed by atoms with Crippen LogP contribution in [0.25, 0.3) is 0 Å². The maximum absolute atomic E-state index is 12.3. The normalized spacial score (nSPS) is 16.3. The summed E-state index contributed by atoms with van der Waals surface area (Å²) in [6, 6.07) is 10.3. The van der Waals surface area contributed by atoms with Crippen LogP contribution in [0, 0.1) is 0 Å². The first-order chi connectivity index (χ1) is 8.81. The molecule has 0 bridgehead atoms. The fraction of sp³-hybridized carbons (Fsp3) is 0.533. The first kappa shape index (κ1) is 12.9. The lowest BCUT2D eigenvalue weighted by Crippen LogP contribution is -2.45. The molecule has 1 aliphatic rings. The number of amides is 2. The van der Waals surface area contributed by atoms with E-state index < -0.39 is 0 Å². The summed E-state index contributed by atoms with van der Waals surface area (Å²) in [5.41, 5.74) is 0.966. The standard InChI is InChI=1S/C15H22N2O/c1-2-17(14-11-7-4-8-12-14)15(18)16-13-9-5-3-6-10-13/h4,7-8,11-13H,2-3,5-6,9-10H2,1H3,(H,16,18). The molecule has 1 aliphatic carbocycles. The van der Waals surface area contributed by atoms with E-state index in [-0.39, 0.29) is 6.03 Å². The molecular weight excluding hydrogens is 224 g/mol. The molecule has 3 heteroatoms. The van der Waals surface area contributed by atoms with Crippen LogP contribution in [0.15, 0.2) is 30.3 Å². The molecule has 0 atom stereocenters. The highest BCUT2D eigenvalue weighted by atomic mass is 16.2. The van der Waals surface area contributed by atoms with Gasteiger partial charge in [-0.25, -0.2) is 4.79 Å². The Hall–Kier alpha value is -1.51. The first-order valence-electron chi connectivity index (χ1n) is 6.94. The number of urea groups is 1. The summed E-state index contributed by atoms with van der Waals surface area (Å²) in [6.45, 7) is 2.70. The molecule has 0 unspecified atom stereocenters. The summed E-state index contributed by atoms with van der Waals surface area (Å²) < 4.78 is 0. The van der Waals surface area contributed by atoms with E-state index in [0.29, 0.717) is 12.6 Å². The predicted molar refractivity (Wildman–Crippen MR) is 74.9 cm³/mol. The second kappa shape index (κ2) is 6.43. The maximum atomic E-state index is 12.3. The van der Waals surface area contributed by atoms with Gasteiger partial charge < -0.3 is 5.32 Å². The fourth-order valence-corrected chi connectivity index (χ4v) is 2.55. The average Bonchev–Trinajstić information content (AvgIpc) is 2.42. The van der Waals surface area contributed by atoms with Gasteiger partial charge in [-0.1, -0.05) is 37.5 Å². The highest BCUT2D eigenvalue weighted by Gasteiger charge is 2.19. The molecule has 2 rings (SSSR count). The molecule has 1 fully saturated rings. The van der Waals surface area contributed by atoms with Crippen molar-refractivity contribution in [2.24, 2.45) is 0 Å². The van der Waals surface area contributed by atoms with Gasteiger partial charge in [0.05, 0.1) is 0 Å². The Kier molecular flexibility index (Phi) is 4.62. The molecule has 1 aromatic carbocycles. The lowest BCUT2D eigenvalue weighted by atomic mass is 9.96. The van der Waals surface area contributed by atoms with E-state index in [1.54, 1.807) is 4.90 Å². The number of nitrogens with one attached hydrogen (secondary N) is 1. The number of para-hydroxylation sites is 1. The Morgan fingerprint density at radius 2 is 1.89 bits per heavy atom. The van der Waals surface area contributed by atoms with Gasteiger partial charge in [-0.2, -0.15) is 0 Å². The smallest absolute Gasteiger partial charge is 0.322 e. The Balaban J connectivity index is 1.97. The third-order valence-corrected chi connectivity index (χ3v) is 3.56. The van der Waals surface area contributed by atoms with Crippen molar-refractivity contribution in [1.82, 2.24) is 5.32 Å². The lowest BCUT2D eigenvalue weighted by Gasteiger charge is -2.27. The van der Waals surface area contributed by atoms with Gasteiger partial charge in [0.1, 0.15) is 0 Å². The summed E-state index contributed by atoms with van der Waals surface area (Å²) >= 11 is 0. The molecule has 0 radical (unpaired) electrons. The molecule has 2 amide bonds. The van der Waals surface area contributed by atoms with Crippen molar-refractivity contribution in [3.63, 3.8) is 0 Å². The Morgan fingerprint density at radius 3 is 2.50 bits per heavy atom. The Bertz CT molecular complexity index is 371. The number of benzene rings is 1. The minimum absolute atomic E-state index is 0.0376. The molecule has 3 nitrogen and oxygen atoms in total. The van der Waals surface area contributed by atoms with Crippen molar-refractivity contribution in [2.75, 3.05) is 11.4 Å². The van der Waals surface area contributed by atoms with Gasteiger partial charge in [-0.3, -0.25) is 4.90 Å². The number of nitrogens with zero attached hydrogens (tertiary/aromatic N) is 1. The van der Waals surface area contributed by atoms with E-state index in [1.807, 2.05) is 37.3 Å². The van der Waals surface area contributed by atoms with Crippen molar-refractivity contribution < 1.29 is 4.79 Å². The summed E-state index contributed by atoms with van der Waals surface area (Å²) in [5, 5.41) is 3.16. The number of hydrogen-bond acceptors (Lipinski definition) is 1. The van der Waals surface area contributed by atoms with E-state index in [0.717, 1.165) is 18.5 Å². The highest BCUT2D eigenvalue weighted by Crippen LogP contribution is 2.19. The Labute approximate surface area is 109 Å². The zero-order chi connectivity index (χ0) is 12.8. The van der Waals surface area contributed by atoms with E-state index >= 15 is 0 Å². The fourth-order valence-electron chi connectivity index (χ4n) is 2.55. The number of carbonyl (C=O) groups is 1. The van der Waals surface area contributed by atoms with Crippen LogP contribution in [0.1, 0.15) is 39.0 Å². The van der Waals surface area contributed by atoms with Gasteiger partial charge in [0, 0.05) is 18.3 Å². The van der Waals surface area contributed by atoms with Gasteiger partial charge >= 0.3 is 6.03 Å². The number of rotatable bonds is 3. The molecule has 1 saturated carbocycles. The monoisotopic (exact) mass is 246 g/mol. The van der Waals surface area contributed by atoms with Crippen molar-refractivity contribution in [3.05, 3.63) is 30.3 Å². The maximum Gasteiger partial charge on any atom is 0.322 e. The highest BCUT2D eigenvalue weighted by molar-refractivity contribution is 5.92. The van der Waals surface area contributed by atoms with Gasteiger partial charge in [-0.05, 0) is 31.9 Å². The molecule has 0 aromatic heterocycles. The van der Waals surface area contributed by atoms with Gasteiger partial charge in [0.2, 0.25) is 0 Å². The van der Waals surface area contributed by atoms with Gasteiger partial charge in [0.25, 0.3) is 0 Å². The van der Waals surface area contributed by atoms with Crippen LogP contribution in [0.2, 0.25) is 0 Å². The van der Waals surface area contributed by atoms with Crippen LogP contribution in [0.5, 0.6) is 0 Å².